The van der Waals surface area contributed by atoms with Crippen LogP contribution in [0, 0.1) is 10.8 Å². The monoisotopic (exact) mass is 395 g/mol. The van der Waals surface area contributed by atoms with E-state index >= 15 is 0 Å². The first-order valence-corrected chi connectivity index (χ1v) is 10.2. The summed E-state index contributed by atoms with van der Waals surface area (Å²) in [5.74, 6) is 0.663. The third kappa shape index (κ3) is 5.97. The van der Waals surface area contributed by atoms with Gasteiger partial charge in [0.2, 0.25) is 5.89 Å². The van der Waals surface area contributed by atoms with Crippen LogP contribution in [0.25, 0.3) is 11.5 Å². The topological polar surface area (TPSA) is 26.0 Å². The number of hydrogen-bond donors (Lipinski definition) is 0. The molecular formula is C25H30ClNO. The summed E-state index contributed by atoms with van der Waals surface area (Å²) in [6, 6.07) is 15.0. The van der Waals surface area contributed by atoms with Gasteiger partial charge in [-0.25, -0.2) is 4.98 Å². The van der Waals surface area contributed by atoms with Gasteiger partial charge in [0.15, 0.2) is 0 Å². The third-order valence-electron chi connectivity index (χ3n) is 4.75. The summed E-state index contributed by atoms with van der Waals surface area (Å²) in [4.78, 5) is 4.21. The number of oxazole rings is 1. The predicted octanol–water partition coefficient (Wildman–Crippen LogP) is 7.40. The minimum Gasteiger partial charge on any atom is -0.445 e. The summed E-state index contributed by atoms with van der Waals surface area (Å²) in [6.07, 6.45) is 6.30. The van der Waals surface area contributed by atoms with Gasteiger partial charge in [-0.1, -0.05) is 64.4 Å². The average molecular weight is 396 g/mol. The molecule has 0 saturated carbocycles. The first-order valence-electron chi connectivity index (χ1n) is 9.87. The lowest BCUT2D eigenvalue weighted by Crippen LogP contribution is -2.19. The largest absolute Gasteiger partial charge is 0.445 e. The molecule has 3 aromatic rings. The van der Waals surface area contributed by atoms with Crippen LogP contribution >= 0.6 is 11.6 Å². The predicted molar refractivity (Wildman–Crippen MR) is 118 cm³/mol. The highest BCUT2D eigenvalue weighted by Crippen LogP contribution is 2.31. The van der Waals surface area contributed by atoms with Gasteiger partial charge < -0.3 is 4.42 Å². The minimum atomic E-state index is 0.133. The summed E-state index contributed by atoms with van der Waals surface area (Å²) < 4.78 is 5.37. The van der Waals surface area contributed by atoms with Gasteiger partial charge in [0.25, 0.3) is 0 Å². The van der Waals surface area contributed by atoms with Gasteiger partial charge in [-0.15, -0.1) is 0 Å². The van der Waals surface area contributed by atoms with Crippen LogP contribution in [-0.2, 0) is 19.3 Å². The Kier molecular flexibility index (Phi) is 6.00. The molecular weight excluding hydrogens is 366 g/mol. The molecule has 0 fully saturated rings. The zero-order chi connectivity index (χ0) is 20.4. The highest BCUT2D eigenvalue weighted by atomic mass is 35.5. The number of hydrogen-bond acceptors (Lipinski definition) is 2. The molecule has 1 aromatic heterocycles. The Morgan fingerprint density at radius 2 is 1.43 bits per heavy atom. The van der Waals surface area contributed by atoms with E-state index in [1.165, 1.54) is 16.7 Å². The summed E-state index contributed by atoms with van der Waals surface area (Å²) >= 11 is 6.42. The van der Waals surface area contributed by atoms with Gasteiger partial charge in [0.05, 0.1) is 6.20 Å². The van der Waals surface area contributed by atoms with E-state index in [1.807, 2.05) is 0 Å². The summed E-state index contributed by atoms with van der Waals surface area (Å²) in [5, 5.41) is 0.836. The van der Waals surface area contributed by atoms with Crippen molar-refractivity contribution < 1.29 is 4.42 Å². The highest BCUT2D eigenvalue weighted by molar-refractivity contribution is 6.30. The van der Waals surface area contributed by atoms with Crippen LogP contribution in [0.5, 0.6) is 0 Å². The van der Waals surface area contributed by atoms with E-state index in [-0.39, 0.29) is 10.8 Å². The standard InChI is InChI=1S/C25H30ClNO/c1-24(2,3)15-19-12-20(14-22(26)13-19)17-25(4,5)16-18-6-8-21(9-7-18)23-27-10-11-28-23/h6-14H,15-17H2,1-5H3. The quantitative estimate of drug-likeness (QED) is 0.434. The van der Waals surface area contributed by atoms with E-state index in [1.54, 1.807) is 12.5 Å². The summed E-state index contributed by atoms with van der Waals surface area (Å²) in [7, 11) is 0. The SMILES string of the molecule is CC(C)(C)Cc1cc(Cl)cc(CC(C)(C)Cc2ccc(-c3ncco3)cc2)c1. The second-order valence-corrected chi connectivity index (χ2v) is 10.2. The van der Waals surface area contributed by atoms with Gasteiger partial charge in [-0.2, -0.15) is 0 Å². The Balaban J connectivity index is 1.71. The van der Waals surface area contributed by atoms with Crippen LogP contribution in [0.3, 0.4) is 0 Å². The van der Waals surface area contributed by atoms with E-state index in [2.05, 4.69) is 82.1 Å². The lowest BCUT2D eigenvalue weighted by Gasteiger charge is -2.26. The number of nitrogens with zero attached hydrogens (tertiary/aromatic N) is 1. The molecule has 0 aliphatic rings. The van der Waals surface area contributed by atoms with Crippen LogP contribution < -0.4 is 0 Å². The molecule has 3 rings (SSSR count). The molecule has 2 nitrogen and oxygen atoms in total. The molecule has 0 aliphatic heterocycles. The fraction of sp³-hybridized carbons (Fsp3) is 0.400. The molecule has 0 unspecified atom stereocenters. The van der Waals surface area contributed by atoms with E-state index in [0.717, 1.165) is 29.8 Å². The molecule has 0 atom stereocenters. The van der Waals surface area contributed by atoms with Crippen molar-refractivity contribution in [3.8, 4) is 11.5 Å². The second-order valence-electron chi connectivity index (χ2n) is 9.76. The van der Waals surface area contributed by atoms with Gasteiger partial charge in [-0.3, -0.25) is 0 Å². The van der Waals surface area contributed by atoms with E-state index in [4.69, 9.17) is 16.0 Å². The number of aromatic nitrogens is 1. The van der Waals surface area contributed by atoms with Crippen molar-refractivity contribution in [2.24, 2.45) is 10.8 Å². The van der Waals surface area contributed by atoms with Crippen molar-refractivity contribution in [1.82, 2.24) is 4.98 Å². The van der Waals surface area contributed by atoms with Crippen molar-refractivity contribution in [2.45, 2.75) is 53.9 Å². The Bertz CT molecular complexity index is 903. The van der Waals surface area contributed by atoms with Crippen molar-refractivity contribution in [3.05, 3.63) is 76.6 Å². The molecule has 0 bridgehead atoms. The van der Waals surface area contributed by atoms with Crippen LogP contribution in [-0.4, -0.2) is 4.98 Å². The summed E-state index contributed by atoms with van der Waals surface area (Å²) in [5.41, 5.74) is 5.34. The highest BCUT2D eigenvalue weighted by Gasteiger charge is 2.21. The Morgan fingerprint density at radius 3 is 2.00 bits per heavy atom. The average Bonchev–Trinajstić information content (AvgIpc) is 3.06. The molecule has 3 heteroatoms. The minimum absolute atomic E-state index is 0.133. The molecule has 0 radical (unpaired) electrons. The zero-order valence-corrected chi connectivity index (χ0v) is 18.3. The lowest BCUT2D eigenvalue weighted by atomic mass is 9.79. The zero-order valence-electron chi connectivity index (χ0n) is 17.6. The van der Waals surface area contributed by atoms with Crippen molar-refractivity contribution in [2.75, 3.05) is 0 Å². The summed E-state index contributed by atoms with van der Waals surface area (Å²) in [6.45, 7) is 11.4. The molecule has 0 aliphatic carbocycles. The Hall–Kier alpha value is -2.06. The Labute approximate surface area is 174 Å². The normalized spacial score (nSPS) is 12.4. The van der Waals surface area contributed by atoms with E-state index in [9.17, 15) is 0 Å². The molecule has 148 valence electrons. The van der Waals surface area contributed by atoms with Crippen molar-refractivity contribution in [3.63, 3.8) is 0 Å². The van der Waals surface area contributed by atoms with Crippen molar-refractivity contribution >= 4 is 11.6 Å². The Morgan fingerprint density at radius 1 is 0.821 bits per heavy atom. The molecule has 0 saturated heterocycles. The lowest BCUT2D eigenvalue weighted by molar-refractivity contribution is 0.360. The van der Waals surface area contributed by atoms with Gasteiger partial charge in [0.1, 0.15) is 6.26 Å². The second kappa shape index (κ2) is 8.13. The van der Waals surface area contributed by atoms with Gasteiger partial charge >= 0.3 is 0 Å². The van der Waals surface area contributed by atoms with Crippen LogP contribution in [0.4, 0.5) is 0 Å². The van der Waals surface area contributed by atoms with E-state index < -0.39 is 0 Å². The molecule has 0 amide bonds. The number of halogens is 1. The van der Waals surface area contributed by atoms with Gasteiger partial charge in [0, 0.05) is 10.6 Å². The smallest absolute Gasteiger partial charge is 0.225 e. The number of rotatable bonds is 6. The maximum absolute atomic E-state index is 6.42. The molecule has 1 heterocycles. The fourth-order valence-electron chi connectivity index (χ4n) is 3.83. The molecule has 2 aromatic carbocycles. The molecule has 28 heavy (non-hydrogen) atoms. The maximum Gasteiger partial charge on any atom is 0.225 e. The van der Waals surface area contributed by atoms with Crippen molar-refractivity contribution in [1.29, 1.82) is 0 Å². The van der Waals surface area contributed by atoms with Crippen LogP contribution in [0.1, 0.15) is 51.3 Å². The van der Waals surface area contributed by atoms with E-state index in [0.29, 0.717) is 5.89 Å². The molecule has 0 N–H and O–H groups in total. The van der Waals surface area contributed by atoms with Gasteiger partial charge in [-0.05, 0) is 71.0 Å². The van der Waals surface area contributed by atoms with Crippen LogP contribution in [0.2, 0.25) is 5.02 Å². The maximum atomic E-state index is 6.42. The number of benzene rings is 2. The third-order valence-corrected chi connectivity index (χ3v) is 4.97. The first-order chi connectivity index (χ1) is 13.1. The first kappa shape index (κ1) is 20.7. The fourth-order valence-corrected chi connectivity index (χ4v) is 4.11. The van der Waals surface area contributed by atoms with Crippen LogP contribution in [0.15, 0.2) is 59.3 Å². The molecule has 0 spiro atoms.